The molecule has 0 aliphatic rings. The third-order valence-electron chi connectivity index (χ3n) is 5.13. The largest absolute Gasteiger partial charge is 0.457 e. The summed E-state index contributed by atoms with van der Waals surface area (Å²) in [6, 6.07) is 16.7. The van der Waals surface area contributed by atoms with Gasteiger partial charge in [-0.25, -0.2) is 9.59 Å². The van der Waals surface area contributed by atoms with E-state index in [1.54, 1.807) is 24.3 Å². The highest BCUT2D eigenvalue weighted by Gasteiger charge is 2.30. The Hall–Kier alpha value is -4.60. The van der Waals surface area contributed by atoms with Crippen LogP contribution >= 0.6 is 0 Å². The molecule has 0 aliphatic carbocycles. The summed E-state index contributed by atoms with van der Waals surface area (Å²) in [4.78, 5) is 36.2. The lowest BCUT2D eigenvalue weighted by Crippen LogP contribution is -2.10. The van der Waals surface area contributed by atoms with E-state index in [0.717, 1.165) is 12.1 Å². The molecule has 4 aromatic rings. The predicted molar refractivity (Wildman–Crippen MR) is 127 cm³/mol. The van der Waals surface area contributed by atoms with Crippen molar-refractivity contribution >= 4 is 39.9 Å². The van der Waals surface area contributed by atoms with Crippen LogP contribution in [-0.2, 0) is 22.3 Å². The average molecular weight is 496 g/mol. The van der Waals surface area contributed by atoms with Crippen LogP contribution in [0.5, 0.6) is 0 Å². The molecule has 1 aromatic heterocycles. The van der Waals surface area contributed by atoms with Gasteiger partial charge in [-0.3, -0.25) is 4.79 Å². The minimum absolute atomic E-state index is 0.0927. The number of carbonyl (C=O) groups excluding carboxylic acids is 2. The second-order valence-electron chi connectivity index (χ2n) is 7.81. The van der Waals surface area contributed by atoms with E-state index in [1.165, 1.54) is 43.3 Å². The van der Waals surface area contributed by atoms with Crippen LogP contribution in [0.15, 0.2) is 82.0 Å². The lowest BCUT2D eigenvalue weighted by atomic mass is 10.1. The summed E-state index contributed by atoms with van der Waals surface area (Å²) in [6.07, 6.45) is -4.51. The predicted octanol–water partition coefficient (Wildman–Crippen LogP) is 5.87. The van der Waals surface area contributed by atoms with E-state index >= 15 is 0 Å². The van der Waals surface area contributed by atoms with Crippen LogP contribution in [0.25, 0.3) is 11.0 Å². The summed E-state index contributed by atoms with van der Waals surface area (Å²) in [5, 5.41) is 5.92. The highest BCUT2D eigenvalue weighted by molar-refractivity contribution is 5.97. The van der Waals surface area contributed by atoms with Crippen LogP contribution in [-0.4, -0.2) is 11.9 Å². The van der Waals surface area contributed by atoms with Crippen LogP contribution in [0.3, 0.4) is 0 Å². The Kier molecular flexibility index (Phi) is 6.77. The first kappa shape index (κ1) is 24.5. The number of halogens is 3. The molecule has 10 heteroatoms. The maximum atomic E-state index is 13.0. The Morgan fingerprint density at radius 3 is 2.47 bits per heavy atom. The number of rotatable bonds is 6. The average Bonchev–Trinajstić information content (AvgIpc) is 2.81. The van der Waals surface area contributed by atoms with Gasteiger partial charge in [-0.15, -0.1) is 0 Å². The summed E-state index contributed by atoms with van der Waals surface area (Å²) in [7, 11) is 0. The first-order valence-corrected chi connectivity index (χ1v) is 10.6. The van der Waals surface area contributed by atoms with Gasteiger partial charge >= 0.3 is 17.8 Å². The Bertz CT molecular complexity index is 1510. The Morgan fingerprint density at radius 2 is 1.72 bits per heavy atom. The van der Waals surface area contributed by atoms with Gasteiger partial charge in [0.25, 0.3) is 0 Å². The molecule has 3 aromatic carbocycles. The quantitative estimate of drug-likeness (QED) is 0.256. The number of carbonyl (C=O) groups is 2. The number of hydrogen-bond acceptors (Lipinski definition) is 6. The molecule has 4 rings (SSSR count). The maximum Gasteiger partial charge on any atom is 0.416 e. The zero-order chi connectivity index (χ0) is 25.9. The molecule has 1 amide bonds. The van der Waals surface area contributed by atoms with Crippen molar-refractivity contribution in [1.82, 2.24) is 0 Å². The first-order chi connectivity index (χ1) is 17.1. The number of anilines is 3. The van der Waals surface area contributed by atoms with Gasteiger partial charge in [-0.1, -0.05) is 18.2 Å². The SMILES string of the molecule is CC(=O)Nc1ccc2c(COC(=O)c3ccccc3Nc3cccc(C(F)(F)F)c3)cc(=O)oc2c1. The van der Waals surface area contributed by atoms with Crippen LogP contribution < -0.4 is 16.3 Å². The lowest BCUT2D eigenvalue weighted by Gasteiger charge is -2.14. The topological polar surface area (TPSA) is 97.6 Å². The standard InChI is InChI=1S/C26H19F3N2O5/c1-15(32)30-19-9-10-20-16(11-24(33)36-23(20)13-19)14-35-25(34)21-7-2-3-8-22(21)31-18-6-4-5-17(12-18)26(27,28)29/h2-13,31H,14H2,1H3,(H,30,32). The second-order valence-corrected chi connectivity index (χ2v) is 7.81. The van der Waals surface area contributed by atoms with Crippen molar-refractivity contribution < 1.29 is 31.9 Å². The van der Waals surface area contributed by atoms with Crippen molar-refractivity contribution in [2.45, 2.75) is 19.7 Å². The number of hydrogen-bond donors (Lipinski definition) is 2. The van der Waals surface area contributed by atoms with E-state index in [0.29, 0.717) is 16.6 Å². The fourth-order valence-corrected chi connectivity index (χ4v) is 3.55. The summed E-state index contributed by atoms with van der Waals surface area (Å²) in [5.74, 6) is -1.04. The van der Waals surface area contributed by atoms with Crippen molar-refractivity contribution in [3.05, 3.63) is 99.9 Å². The molecule has 1 heterocycles. The van der Waals surface area contributed by atoms with E-state index in [4.69, 9.17) is 9.15 Å². The maximum absolute atomic E-state index is 13.0. The van der Waals surface area contributed by atoms with E-state index in [9.17, 15) is 27.6 Å². The smallest absolute Gasteiger partial charge is 0.416 e. The minimum atomic E-state index is -4.51. The molecule has 0 radical (unpaired) electrons. The van der Waals surface area contributed by atoms with Crippen LogP contribution in [0.1, 0.15) is 28.4 Å². The van der Waals surface area contributed by atoms with Crippen molar-refractivity contribution in [3.63, 3.8) is 0 Å². The summed E-state index contributed by atoms with van der Waals surface area (Å²) in [5.41, 5.74) is 0.00535. The molecule has 36 heavy (non-hydrogen) atoms. The molecule has 0 atom stereocenters. The molecular weight excluding hydrogens is 477 g/mol. The number of fused-ring (bicyclic) bond motifs is 1. The van der Waals surface area contributed by atoms with Crippen molar-refractivity contribution in [2.75, 3.05) is 10.6 Å². The first-order valence-electron chi connectivity index (χ1n) is 10.6. The van der Waals surface area contributed by atoms with Gasteiger partial charge in [0.1, 0.15) is 12.2 Å². The monoisotopic (exact) mass is 496 g/mol. The highest BCUT2D eigenvalue weighted by atomic mass is 19.4. The van der Waals surface area contributed by atoms with Gasteiger partial charge < -0.3 is 19.8 Å². The molecule has 2 N–H and O–H groups in total. The summed E-state index contributed by atoms with van der Waals surface area (Å²) < 4.78 is 49.7. The van der Waals surface area contributed by atoms with Crippen LogP contribution in [0.4, 0.5) is 30.2 Å². The van der Waals surface area contributed by atoms with Crippen LogP contribution in [0.2, 0.25) is 0 Å². The van der Waals surface area contributed by atoms with Crippen molar-refractivity contribution in [2.24, 2.45) is 0 Å². The second kappa shape index (κ2) is 9.95. The van der Waals surface area contributed by atoms with E-state index in [-0.39, 0.29) is 35.0 Å². The van der Waals surface area contributed by atoms with E-state index < -0.39 is 23.3 Å². The molecule has 0 saturated heterocycles. The molecule has 0 bridgehead atoms. The number of ether oxygens (including phenoxy) is 1. The number of benzene rings is 3. The van der Waals surface area contributed by atoms with E-state index in [2.05, 4.69) is 10.6 Å². The molecule has 0 fully saturated rings. The molecule has 0 aliphatic heterocycles. The number of nitrogens with one attached hydrogen (secondary N) is 2. The van der Waals surface area contributed by atoms with E-state index in [1.807, 2.05) is 0 Å². The third kappa shape index (κ3) is 5.72. The lowest BCUT2D eigenvalue weighted by molar-refractivity contribution is -0.137. The van der Waals surface area contributed by atoms with Gasteiger partial charge in [-0.05, 0) is 42.5 Å². The highest BCUT2D eigenvalue weighted by Crippen LogP contribution is 2.32. The molecule has 184 valence electrons. The molecule has 7 nitrogen and oxygen atoms in total. The number of esters is 1. The van der Waals surface area contributed by atoms with Crippen LogP contribution in [0, 0.1) is 0 Å². The van der Waals surface area contributed by atoms with Crippen molar-refractivity contribution in [3.8, 4) is 0 Å². The zero-order valence-electron chi connectivity index (χ0n) is 18.8. The zero-order valence-corrected chi connectivity index (χ0v) is 18.8. The van der Waals surface area contributed by atoms with Gasteiger partial charge in [0, 0.05) is 41.4 Å². The number of para-hydroxylation sites is 1. The fraction of sp³-hybridized carbons (Fsp3) is 0.115. The van der Waals surface area contributed by atoms with Crippen molar-refractivity contribution in [1.29, 1.82) is 0 Å². The fourth-order valence-electron chi connectivity index (χ4n) is 3.55. The Balaban J connectivity index is 1.55. The minimum Gasteiger partial charge on any atom is -0.457 e. The Labute approximate surface area is 202 Å². The van der Waals surface area contributed by atoms with Gasteiger partial charge in [0.15, 0.2) is 0 Å². The number of alkyl halides is 3. The molecule has 0 spiro atoms. The summed E-state index contributed by atoms with van der Waals surface area (Å²) >= 11 is 0. The molecular formula is C26H19F3N2O5. The van der Waals surface area contributed by atoms with Gasteiger partial charge in [0.05, 0.1) is 16.8 Å². The normalized spacial score (nSPS) is 11.2. The van der Waals surface area contributed by atoms with Gasteiger partial charge in [-0.2, -0.15) is 13.2 Å². The Morgan fingerprint density at radius 1 is 0.944 bits per heavy atom. The molecule has 0 unspecified atom stereocenters. The molecule has 0 saturated carbocycles. The van der Waals surface area contributed by atoms with Gasteiger partial charge in [0.2, 0.25) is 5.91 Å². The third-order valence-corrected chi connectivity index (χ3v) is 5.13. The number of amides is 1. The summed E-state index contributed by atoms with van der Waals surface area (Å²) in [6.45, 7) is 1.08.